The largest absolute Gasteiger partial charge is 0.352 e. The predicted molar refractivity (Wildman–Crippen MR) is 62.6 cm³/mol. The lowest BCUT2D eigenvalue weighted by Crippen LogP contribution is -2.41. The van der Waals surface area contributed by atoms with E-state index in [1.54, 1.807) is 0 Å². The first-order valence-corrected chi connectivity index (χ1v) is 6.47. The van der Waals surface area contributed by atoms with Crippen molar-refractivity contribution in [3.05, 3.63) is 0 Å². The Kier molecular flexibility index (Phi) is 4.93. The van der Waals surface area contributed by atoms with E-state index in [1.165, 1.54) is 19.3 Å². The summed E-state index contributed by atoms with van der Waals surface area (Å²) in [6.45, 7) is 4.11. The van der Waals surface area contributed by atoms with Gasteiger partial charge in [0.2, 0.25) is 5.91 Å². The number of hydrogen-bond donors (Lipinski definition) is 1. The second-order valence-corrected chi connectivity index (χ2v) is 5.48. The molecule has 0 aromatic rings. The van der Waals surface area contributed by atoms with Crippen LogP contribution in [0.2, 0.25) is 0 Å². The number of halogens is 1. The highest BCUT2D eigenvalue weighted by atomic mass is 79.9. The highest BCUT2D eigenvalue weighted by Crippen LogP contribution is 2.19. The first-order chi connectivity index (χ1) is 6.61. The van der Waals surface area contributed by atoms with Crippen molar-refractivity contribution in [3.8, 4) is 0 Å². The molecular formula is C11H20BrNO. The standard InChI is InChI=1S/C11H20BrNO/c1-8(2)10(12)11(14)13-9-6-4-3-5-7-9/h8-10H,3-7H2,1-2H3,(H,13,14). The van der Waals surface area contributed by atoms with Gasteiger partial charge in [-0.2, -0.15) is 0 Å². The molecule has 1 saturated carbocycles. The van der Waals surface area contributed by atoms with Crippen LogP contribution in [0, 0.1) is 5.92 Å². The lowest BCUT2D eigenvalue weighted by molar-refractivity contribution is -0.122. The Morgan fingerprint density at radius 1 is 1.29 bits per heavy atom. The van der Waals surface area contributed by atoms with Crippen LogP contribution in [-0.4, -0.2) is 16.8 Å². The van der Waals surface area contributed by atoms with Crippen molar-refractivity contribution in [3.63, 3.8) is 0 Å². The highest BCUT2D eigenvalue weighted by molar-refractivity contribution is 9.10. The number of hydrogen-bond acceptors (Lipinski definition) is 1. The monoisotopic (exact) mass is 261 g/mol. The summed E-state index contributed by atoms with van der Waals surface area (Å²) < 4.78 is 0. The average Bonchev–Trinajstić information content (AvgIpc) is 2.18. The van der Waals surface area contributed by atoms with Crippen LogP contribution in [0.3, 0.4) is 0 Å². The third-order valence-electron chi connectivity index (χ3n) is 2.79. The van der Waals surface area contributed by atoms with Gasteiger partial charge < -0.3 is 5.32 Å². The second-order valence-electron chi connectivity index (χ2n) is 4.49. The molecule has 1 atom stereocenters. The Hall–Kier alpha value is -0.0500. The summed E-state index contributed by atoms with van der Waals surface area (Å²) in [6, 6.07) is 0.426. The molecule has 1 unspecified atom stereocenters. The van der Waals surface area contributed by atoms with Gasteiger partial charge in [0.25, 0.3) is 0 Å². The van der Waals surface area contributed by atoms with Crippen molar-refractivity contribution in [2.45, 2.75) is 56.8 Å². The van der Waals surface area contributed by atoms with Gasteiger partial charge in [-0.3, -0.25) is 4.79 Å². The lowest BCUT2D eigenvalue weighted by atomic mass is 9.95. The number of alkyl halides is 1. The Morgan fingerprint density at radius 3 is 2.36 bits per heavy atom. The van der Waals surface area contributed by atoms with Crippen LogP contribution in [0.15, 0.2) is 0 Å². The van der Waals surface area contributed by atoms with E-state index in [0.717, 1.165) is 12.8 Å². The van der Waals surface area contributed by atoms with Crippen LogP contribution in [0.4, 0.5) is 0 Å². The van der Waals surface area contributed by atoms with E-state index < -0.39 is 0 Å². The number of nitrogens with one attached hydrogen (secondary N) is 1. The van der Waals surface area contributed by atoms with Crippen molar-refractivity contribution in [1.29, 1.82) is 0 Å². The van der Waals surface area contributed by atoms with Gasteiger partial charge >= 0.3 is 0 Å². The molecule has 1 aliphatic carbocycles. The van der Waals surface area contributed by atoms with Gasteiger partial charge in [0.15, 0.2) is 0 Å². The van der Waals surface area contributed by atoms with Crippen LogP contribution in [0.5, 0.6) is 0 Å². The fourth-order valence-electron chi connectivity index (χ4n) is 1.83. The Bertz CT molecular complexity index is 188. The smallest absolute Gasteiger partial charge is 0.234 e. The molecule has 1 rings (SSSR count). The van der Waals surface area contributed by atoms with Crippen LogP contribution in [0.1, 0.15) is 46.0 Å². The summed E-state index contributed by atoms with van der Waals surface area (Å²) in [5.41, 5.74) is 0. The maximum atomic E-state index is 11.7. The number of carbonyl (C=O) groups excluding carboxylic acids is 1. The van der Waals surface area contributed by atoms with Crippen molar-refractivity contribution in [1.82, 2.24) is 5.32 Å². The minimum atomic E-state index is -0.0376. The Labute approximate surface area is 95.0 Å². The molecule has 1 N–H and O–H groups in total. The van der Waals surface area contributed by atoms with Crippen molar-refractivity contribution in [2.75, 3.05) is 0 Å². The van der Waals surface area contributed by atoms with E-state index in [4.69, 9.17) is 0 Å². The molecule has 1 fully saturated rings. The number of amides is 1. The van der Waals surface area contributed by atoms with E-state index in [1.807, 2.05) is 0 Å². The minimum absolute atomic E-state index is 0.0376. The predicted octanol–water partition coefficient (Wildman–Crippen LogP) is 2.85. The van der Waals surface area contributed by atoms with E-state index >= 15 is 0 Å². The molecule has 1 aliphatic rings. The van der Waals surface area contributed by atoms with E-state index in [2.05, 4.69) is 35.1 Å². The molecule has 0 saturated heterocycles. The maximum Gasteiger partial charge on any atom is 0.234 e. The van der Waals surface area contributed by atoms with Gasteiger partial charge in [-0.15, -0.1) is 0 Å². The van der Waals surface area contributed by atoms with Gasteiger partial charge in [-0.05, 0) is 18.8 Å². The first kappa shape index (κ1) is 12.0. The molecule has 0 bridgehead atoms. The summed E-state index contributed by atoms with van der Waals surface area (Å²) in [7, 11) is 0. The molecule has 3 heteroatoms. The molecule has 2 nitrogen and oxygen atoms in total. The summed E-state index contributed by atoms with van der Waals surface area (Å²) in [4.78, 5) is 11.7. The molecule has 1 amide bonds. The van der Waals surface area contributed by atoms with Gasteiger partial charge in [0.05, 0.1) is 4.83 Å². The fourth-order valence-corrected chi connectivity index (χ4v) is 1.96. The molecule has 0 heterocycles. The summed E-state index contributed by atoms with van der Waals surface area (Å²) in [5.74, 6) is 0.519. The van der Waals surface area contributed by atoms with E-state index in [9.17, 15) is 4.79 Å². The Morgan fingerprint density at radius 2 is 1.86 bits per heavy atom. The van der Waals surface area contributed by atoms with E-state index in [-0.39, 0.29) is 10.7 Å². The zero-order chi connectivity index (χ0) is 10.6. The number of carbonyl (C=O) groups is 1. The molecule has 0 radical (unpaired) electrons. The van der Waals surface area contributed by atoms with Crippen LogP contribution in [-0.2, 0) is 4.79 Å². The summed E-state index contributed by atoms with van der Waals surface area (Å²) in [6.07, 6.45) is 6.17. The first-order valence-electron chi connectivity index (χ1n) is 5.55. The molecule has 0 aromatic heterocycles. The van der Waals surface area contributed by atoms with Gasteiger partial charge in [0.1, 0.15) is 0 Å². The topological polar surface area (TPSA) is 29.1 Å². The SMILES string of the molecule is CC(C)C(Br)C(=O)NC1CCCCC1. The quantitative estimate of drug-likeness (QED) is 0.778. The van der Waals surface area contributed by atoms with Crippen LogP contribution < -0.4 is 5.32 Å². The third-order valence-corrected chi connectivity index (χ3v) is 4.26. The third kappa shape index (κ3) is 3.60. The van der Waals surface area contributed by atoms with Crippen molar-refractivity contribution >= 4 is 21.8 Å². The minimum Gasteiger partial charge on any atom is -0.352 e. The second kappa shape index (κ2) is 5.74. The van der Waals surface area contributed by atoms with Gasteiger partial charge in [-0.25, -0.2) is 0 Å². The molecular weight excluding hydrogens is 242 g/mol. The van der Waals surface area contributed by atoms with Crippen molar-refractivity contribution < 1.29 is 4.79 Å². The summed E-state index contributed by atoms with van der Waals surface area (Å²) in [5, 5.41) is 3.11. The van der Waals surface area contributed by atoms with Crippen LogP contribution in [0.25, 0.3) is 0 Å². The summed E-state index contributed by atoms with van der Waals surface area (Å²) >= 11 is 3.42. The fraction of sp³-hybridized carbons (Fsp3) is 0.909. The van der Waals surface area contributed by atoms with Crippen LogP contribution >= 0.6 is 15.9 Å². The zero-order valence-corrected chi connectivity index (χ0v) is 10.6. The molecule has 82 valence electrons. The number of rotatable bonds is 3. The molecule has 14 heavy (non-hydrogen) atoms. The Balaban J connectivity index is 2.31. The van der Waals surface area contributed by atoms with Gasteiger partial charge in [-0.1, -0.05) is 49.0 Å². The zero-order valence-electron chi connectivity index (χ0n) is 9.05. The lowest BCUT2D eigenvalue weighted by Gasteiger charge is -2.24. The normalized spacial score (nSPS) is 20.9. The maximum absolute atomic E-state index is 11.7. The molecule has 0 spiro atoms. The average molecular weight is 262 g/mol. The van der Waals surface area contributed by atoms with E-state index in [0.29, 0.717) is 12.0 Å². The molecule has 0 aliphatic heterocycles. The van der Waals surface area contributed by atoms with Crippen molar-refractivity contribution in [2.24, 2.45) is 5.92 Å². The molecule has 0 aromatic carbocycles. The highest BCUT2D eigenvalue weighted by Gasteiger charge is 2.22. The van der Waals surface area contributed by atoms with Gasteiger partial charge in [0, 0.05) is 6.04 Å².